The van der Waals surface area contributed by atoms with Crippen LogP contribution in [0.1, 0.15) is 32.1 Å². The number of benzene rings is 2. The molecule has 1 heterocycles. The summed E-state index contributed by atoms with van der Waals surface area (Å²) in [4.78, 5) is 51.0. The molecule has 2 aromatic rings. The maximum Gasteiger partial charge on any atom is 0.305 e. The van der Waals surface area contributed by atoms with Crippen molar-refractivity contribution in [3.63, 3.8) is 0 Å². The number of rotatable bonds is 9. The monoisotopic (exact) mass is 525 g/mol. The second kappa shape index (κ2) is 15.5. The summed E-state index contributed by atoms with van der Waals surface area (Å²) in [6.45, 7) is 0.242. The lowest BCUT2D eigenvalue weighted by Gasteiger charge is -2.22. The van der Waals surface area contributed by atoms with E-state index in [4.69, 9.17) is 14.6 Å². The van der Waals surface area contributed by atoms with Gasteiger partial charge < -0.3 is 30.5 Å². The number of anilines is 1. The summed E-state index contributed by atoms with van der Waals surface area (Å²) in [5, 5.41) is 18.9. The Hall–Kier alpha value is -3.76. The second-order valence-corrected chi connectivity index (χ2v) is 8.98. The molecule has 0 radical (unpaired) electrons. The minimum Gasteiger partial charge on any atom is -0.463 e. The fraction of sp³-hybridized carbons (Fsp3) is 0.429. The van der Waals surface area contributed by atoms with Crippen LogP contribution >= 0.6 is 0 Å². The molecule has 1 aliphatic heterocycles. The molecule has 0 bridgehead atoms. The van der Waals surface area contributed by atoms with E-state index in [1.54, 1.807) is 6.07 Å². The standard InChI is InChI=1S/C28H35N3O7/c32-14-16-37-15-13-29-25(33)18-22-9-3-1-2-4-10-26(34)38-19-24(31-27(22)35)28(36)30-23-12-11-20-7-5-6-8-21(20)17-23/h1,3,5-8,11-12,17,22,24,32H,2,4,9-10,13-16,18-19H2,(H,29,33)(H,30,36)(H,31,35). The molecule has 1 aliphatic rings. The Kier molecular flexibility index (Phi) is 11.7. The molecule has 38 heavy (non-hydrogen) atoms. The average molecular weight is 526 g/mol. The highest BCUT2D eigenvalue weighted by molar-refractivity contribution is 5.99. The van der Waals surface area contributed by atoms with E-state index in [9.17, 15) is 19.2 Å². The fourth-order valence-electron chi connectivity index (χ4n) is 3.97. The first-order valence-electron chi connectivity index (χ1n) is 12.8. The van der Waals surface area contributed by atoms with Crippen LogP contribution in [0.5, 0.6) is 0 Å². The number of esters is 1. The quantitative estimate of drug-likeness (QED) is 0.223. The van der Waals surface area contributed by atoms with Gasteiger partial charge in [-0.25, -0.2) is 0 Å². The Morgan fingerprint density at radius 2 is 1.89 bits per heavy atom. The van der Waals surface area contributed by atoms with Gasteiger partial charge in [-0.05, 0) is 42.2 Å². The highest BCUT2D eigenvalue weighted by Crippen LogP contribution is 2.19. The highest BCUT2D eigenvalue weighted by atomic mass is 16.5. The molecule has 0 fully saturated rings. The summed E-state index contributed by atoms with van der Waals surface area (Å²) in [5.74, 6) is -2.53. The van der Waals surface area contributed by atoms with Crippen molar-refractivity contribution in [1.29, 1.82) is 0 Å². The Labute approximate surface area is 221 Å². The van der Waals surface area contributed by atoms with E-state index in [1.165, 1.54) is 0 Å². The van der Waals surface area contributed by atoms with E-state index >= 15 is 0 Å². The largest absolute Gasteiger partial charge is 0.463 e. The molecule has 0 spiro atoms. The van der Waals surface area contributed by atoms with Crippen molar-refractivity contribution >= 4 is 40.2 Å². The van der Waals surface area contributed by atoms with Gasteiger partial charge in [0.2, 0.25) is 11.8 Å². The number of allylic oxidation sites excluding steroid dienone is 2. The van der Waals surface area contributed by atoms with Gasteiger partial charge >= 0.3 is 5.97 Å². The van der Waals surface area contributed by atoms with Gasteiger partial charge in [-0.1, -0.05) is 42.5 Å². The zero-order chi connectivity index (χ0) is 27.2. The first-order valence-corrected chi connectivity index (χ1v) is 12.8. The maximum atomic E-state index is 13.2. The smallest absolute Gasteiger partial charge is 0.305 e. The molecule has 0 aromatic heterocycles. The number of ether oxygens (including phenoxy) is 2. The lowest BCUT2D eigenvalue weighted by atomic mass is 9.98. The first-order chi connectivity index (χ1) is 18.5. The minimum atomic E-state index is -1.14. The molecule has 2 unspecified atom stereocenters. The number of amides is 3. The van der Waals surface area contributed by atoms with E-state index in [0.29, 0.717) is 24.9 Å². The number of carbonyl (C=O) groups is 4. The number of aliphatic hydroxyl groups excluding tert-OH is 1. The lowest BCUT2D eigenvalue weighted by Crippen LogP contribution is -2.49. The van der Waals surface area contributed by atoms with Crippen molar-refractivity contribution in [3.8, 4) is 0 Å². The zero-order valence-corrected chi connectivity index (χ0v) is 21.3. The molecule has 3 rings (SSSR count). The number of aliphatic hydroxyl groups is 1. The first kappa shape index (κ1) is 28.8. The molecule has 0 saturated carbocycles. The van der Waals surface area contributed by atoms with Crippen LogP contribution < -0.4 is 16.0 Å². The average Bonchev–Trinajstić information content (AvgIpc) is 2.92. The molecular formula is C28H35N3O7. The lowest BCUT2D eigenvalue weighted by molar-refractivity contribution is -0.146. The van der Waals surface area contributed by atoms with Crippen molar-refractivity contribution in [1.82, 2.24) is 10.6 Å². The Morgan fingerprint density at radius 3 is 2.71 bits per heavy atom. The van der Waals surface area contributed by atoms with Crippen LogP contribution in [0.4, 0.5) is 5.69 Å². The van der Waals surface area contributed by atoms with Crippen LogP contribution in [0.2, 0.25) is 0 Å². The number of nitrogens with one attached hydrogen (secondary N) is 3. The molecule has 10 nitrogen and oxygen atoms in total. The maximum absolute atomic E-state index is 13.2. The molecule has 3 amide bonds. The fourth-order valence-corrected chi connectivity index (χ4v) is 3.97. The van der Waals surface area contributed by atoms with Gasteiger partial charge in [0.25, 0.3) is 5.91 Å². The third kappa shape index (κ3) is 9.60. The van der Waals surface area contributed by atoms with Gasteiger partial charge in [0.15, 0.2) is 0 Å². The molecule has 10 heteroatoms. The summed E-state index contributed by atoms with van der Waals surface area (Å²) < 4.78 is 10.4. The second-order valence-electron chi connectivity index (χ2n) is 8.98. The van der Waals surface area contributed by atoms with E-state index in [-0.39, 0.29) is 51.7 Å². The number of cyclic esters (lactones) is 1. The van der Waals surface area contributed by atoms with Crippen molar-refractivity contribution in [2.24, 2.45) is 5.92 Å². The number of hydrogen-bond donors (Lipinski definition) is 4. The van der Waals surface area contributed by atoms with Crippen LogP contribution in [0.15, 0.2) is 54.6 Å². The van der Waals surface area contributed by atoms with Gasteiger partial charge in [-0.3, -0.25) is 19.2 Å². The normalized spacial score (nSPS) is 18.9. The van der Waals surface area contributed by atoms with Crippen LogP contribution in [-0.4, -0.2) is 67.8 Å². The predicted octanol–water partition coefficient (Wildman–Crippen LogP) is 2.07. The topological polar surface area (TPSA) is 143 Å². The van der Waals surface area contributed by atoms with Gasteiger partial charge in [-0.15, -0.1) is 0 Å². The molecule has 0 saturated heterocycles. The molecule has 204 valence electrons. The molecule has 0 aliphatic carbocycles. The van der Waals surface area contributed by atoms with Crippen LogP contribution in [-0.2, 0) is 28.7 Å². The van der Waals surface area contributed by atoms with Crippen molar-refractivity contribution in [3.05, 3.63) is 54.6 Å². The van der Waals surface area contributed by atoms with Gasteiger partial charge in [0.05, 0.1) is 25.7 Å². The number of fused-ring (bicyclic) bond motifs is 1. The van der Waals surface area contributed by atoms with Crippen molar-refractivity contribution in [2.45, 2.75) is 38.1 Å². The number of carbonyl (C=O) groups excluding carboxylic acids is 4. The Morgan fingerprint density at radius 1 is 1.08 bits per heavy atom. The molecule has 4 N–H and O–H groups in total. The minimum absolute atomic E-state index is 0.0883. The third-order valence-corrected chi connectivity index (χ3v) is 6.01. The van der Waals surface area contributed by atoms with Gasteiger partial charge in [0, 0.05) is 25.1 Å². The van der Waals surface area contributed by atoms with Crippen LogP contribution in [0.3, 0.4) is 0 Å². The molecule has 2 atom stereocenters. The van der Waals surface area contributed by atoms with Crippen LogP contribution in [0.25, 0.3) is 10.8 Å². The number of hydrogen-bond acceptors (Lipinski definition) is 7. The zero-order valence-electron chi connectivity index (χ0n) is 21.3. The SMILES string of the molecule is O=C(CC1CC=CCCCC(=O)OCC(C(=O)Nc2ccc3ccccc3c2)NC1=O)NCCOCCO. The van der Waals surface area contributed by atoms with Crippen molar-refractivity contribution < 1.29 is 33.8 Å². The van der Waals surface area contributed by atoms with E-state index in [0.717, 1.165) is 10.8 Å². The van der Waals surface area contributed by atoms with Gasteiger partial charge in [-0.2, -0.15) is 0 Å². The summed E-state index contributed by atoms with van der Waals surface area (Å²) >= 11 is 0. The van der Waals surface area contributed by atoms with Crippen molar-refractivity contribution in [2.75, 3.05) is 38.3 Å². The van der Waals surface area contributed by atoms with E-state index in [1.807, 2.05) is 48.6 Å². The summed E-state index contributed by atoms with van der Waals surface area (Å²) in [6.07, 6.45) is 5.29. The molecular weight excluding hydrogens is 490 g/mol. The highest BCUT2D eigenvalue weighted by Gasteiger charge is 2.28. The summed E-state index contributed by atoms with van der Waals surface area (Å²) in [6, 6.07) is 12.0. The van der Waals surface area contributed by atoms with E-state index < -0.39 is 29.7 Å². The molecule has 2 aromatic carbocycles. The summed E-state index contributed by atoms with van der Waals surface area (Å²) in [5.41, 5.74) is 0.541. The Balaban J connectivity index is 1.69. The Bertz CT molecular complexity index is 1130. The third-order valence-electron chi connectivity index (χ3n) is 6.01. The van der Waals surface area contributed by atoms with Crippen LogP contribution in [0, 0.1) is 5.92 Å². The predicted molar refractivity (Wildman–Crippen MR) is 142 cm³/mol. The van der Waals surface area contributed by atoms with Gasteiger partial charge in [0.1, 0.15) is 12.6 Å². The summed E-state index contributed by atoms with van der Waals surface area (Å²) in [7, 11) is 0. The van der Waals surface area contributed by atoms with E-state index in [2.05, 4.69) is 16.0 Å².